The molecular formula is C8H14O2S2. The lowest BCUT2D eigenvalue weighted by atomic mass is 9.89. The number of rotatable bonds is 0. The van der Waals surface area contributed by atoms with Gasteiger partial charge in [-0.3, -0.25) is 0 Å². The van der Waals surface area contributed by atoms with Gasteiger partial charge in [-0.05, 0) is 17.6 Å². The monoisotopic (exact) mass is 206 g/mol. The lowest BCUT2D eigenvalue weighted by Gasteiger charge is -2.22. The molecule has 2 aliphatic heterocycles. The maximum Gasteiger partial charge on any atom is 0.154 e. The Bertz CT molecular complexity index is 292. The number of fused-ring (bicyclic) bond motifs is 1. The molecule has 0 bridgehead atoms. The normalized spacial score (nSPS) is 42.8. The summed E-state index contributed by atoms with van der Waals surface area (Å²) in [7, 11) is -2.75. The van der Waals surface area contributed by atoms with Crippen molar-refractivity contribution in [3.63, 3.8) is 0 Å². The van der Waals surface area contributed by atoms with E-state index in [1.165, 1.54) is 0 Å². The molecule has 0 aromatic rings. The average molecular weight is 206 g/mol. The van der Waals surface area contributed by atoms with Crippen LogP contribution in [-0.2, 0) is 9.84 Å². The van der Waals surface area contributed by atoms with Crippen LogP contribution in [0.5, 0.6) is 0 Å². The third-order valence-electron chi connectivity index (χ3n) is 2.84. The van der Waals surface area contributed by atoms with Gasteiger partial charge in [-0.25, -0.2) is 8.42 Å². The Morgan fingerprint density at radius 2 is 2.08 bits per heavy atom. The molecule has 70 valence electrons. The maximum atomic E-state index is 11.6. The Morgan fingerprint density at radius 3 is 2.67 bits per heavy atom. The zero-order chi connectivity index (χ0) is 8.98. The van der Waals surface area contributed by atoms with Crippen molar-refractivity contribution < 1.29 is 8.42 Å². The molecule has 0 aromatic carbocycles. The van der Waals surface area contributed by atoms with Crippen LogP contribution >= 0.6 is 11.8 Å². The van der Waals surface area contributed by atoms with Crippen LogP contribution in [0.25, 0.3) is 0 Å². The minimum absolute atomic E-state index is 0.00463. The lowest BCUT2D eigenvalue weighted by Crippen LogP contribution is -2.25. The van der Waals surface area contributed by atoms with E-state index in [1.807, 2.05) is 11.8 Å². The van der Waals surface area contributed by atoms with Gasteiger partial charge in [0.25, 0.3) is 0 Å². The SMILES string of the molecule is CC1(C)CS(=O)(=O)C2CCSC21. The minimum Gasteiger partial charge on any atom is -0.228 e. The molecule has 0 N–H and O–H groups in total. The third kappa shape index (κ3) is 1.11. The van der Waals surface area contributed by atoms with Crippen LogP contribution in [0, 0.1) is 5.41 Å². The summed E-state index contributed by atoms with van der Waals surface area (Å²) in [4.78, 5) is 0. The van der Waals surface area contributed by atoms with Gasteiger partial charge < -0.3 is 0 Å². The molecule has 0 aliphatic carbocycles. The number of hydrogen-bond acceptors (Lipinski definition) is 3. The van der Waals surface area contributed by atoms with E-state index in [0.29, 0.717) is 11.0 Å². The first-order valence-corrected chi connectivity index (χ1v) is 7.03. The second-order valence-electron chi connectivity index (χ2n) is 4.41. The van der Waals surface area contributed by atoms with Crippen LogP contribution in [0.3, 0.4) is 0 Å². The Hall–Kier alpha value is 0.300. The second-order valence-corrected chi connectivity index (χ2v) is 7.88. The summed E-state index contributed by atoms with van der Waals surface area (Å²) in [6, 6.07) is 0. The van der Waals surface area contributed by atoms with Crippen molar-refractivity contribution in [2.45, 2.75) is 30.8 Å². The molecule has 0 radical (unpaired) electrons. The van der Waals surface area contributed by atoms with Crippen LogP contribution in [0.2, 0.25) is 0 Å². The third-order valence-corrected chi connectivity index (χ3v) is 7.39. The molecule has 2 fully saturated rings. The van der Waals surface area contributed by atoms with Crippen molar-refractivity contribution in [1.82, 2.24) is 0 Å². The predicted octanol–water partition coefficient (Wildman–Crippen LogP) is 1.32. The molecule has 2 rings (SSSR count). The smallest absolute Gasteiger partial charge is 0.154 e. The highest BCUT2D eigenvalue weighted by Crippen LogP contribution is 2.49. The van der Waals surface area contributed by atoms with Crippen LogP contribution in [-0.4, -0.2) is 30.4 Å². The summed E-state index contributed by atoms with van der Waals surface area (Å²) in [5.74, 6) is 1.42. The molecule has 2 saturated heterocycles. The Balaban J connectivity index is 2.42. The number of sulfone groups is 1. The van der Waals surface area contributed by atoms with Crippen molar-refractivity contribution in [3.8, 4) is 0 Å². The Labute approximate surface area is 78.0 Å². The fourth-order valence-electron chi connectivity index (χ4n) is 2.37. The van der Waals surface area contributed by atoms with Gasteiger partial charge in [-0.2, -0.15) is 11.8 Å². The Kier molecular flexibility index (Phi) is 1.78. The molecule has 2 unspecified atom stereocenters. The van der Waals surface area contributed by atoms with Crippen LogP contribution in [0.1, 0.15) is 20.3 Å². The summed E-state index contributed by atoms with van der Waals surface area (Å²) in [6.07, 6.45) is 0.876. The molecule has 4 heteroatoms. The first-order chi connectivity index (χ1) is 5.43. The van der Waals surface area contributed by atoms with E-state index < -0.39 is 9.84 Å². The van der Waals surface area contributed by atoms with Crippen LogP contribution in [0.4, 0.5) is 0 Å². The molecule has 12 heavy (non-hydrogen) atoms. The van der Waals surface area contributed by atoms with E-state index in [0.717, 1.165) is 12.2 Å². The minimum atomic E-state index is -2.75. The standard InChI is InChI=1S/C8H14O2S2/c1-8(2)5-12(9,10)6-3-4-11-7(6)8/h6-7H,3-5H2,1-2H3. The zero-order valence-electron chi connectivity index (χ0n) is 7.41. The van der Waals surface area contributed by atoms with Gasteiger partial charge in [0.1, 0.15) is 0 Å². The molecular weight excluding hydrogens is 192 g/mol. The van der Waals surface area contributed by atoms with Gasteiger partial charge >= 0.3 is 0 Å². The first kappa shape index (κ1) is 8.88. The van der Waals surface area contributed by atoms with Crippen molar-refractivity contribution in [2.24, 2.45) is 5.41 Å². The van der Waals surface area contributed by atoms with E-state index in [9.17, 15) is 8.42 Å². The van der Waals surface area contributed by atoms with Gasteiger partial charge in [0.05, 0.1) is 11.0 Å². The molecule has 0 amide bonds. The van der Waals surface area contributed by atoms with E-state index in [1.54, 1.807) is 0 Å². The molecule has 2 aliphatic rings. The highest BCUT2D eigenvalue weighted by Gasteiger charge is 2.54. The van der Waals surface area contributed by atoms with Gasteiger partial charge in [0.15, 0.2) is 9.84 Å². The first-order valence-electron chi connectivity index (χ1n) is 4.27. The topological polar surface area (TPSA) is 34.1 Å². The van der Waals surface area contributed by atoms with Crippen molar-refractivity contribution in [2.75, 3.05) is 11.5 Å². The van der Waals surface area contributed by atoms with Gasteiger partial charge in [-0.1, -0.05) is 13.8 Å². The van der Waals surface area contributed by atoms with E-state index in [2.05, 4.69) is 13.8 Å². The van der Waals surface area contributed by atoms with E-state index in [4.69, 9.17) is 0 Å². The molecule has 2 heterocycles. The molecule has 0 saturated carbocycles. The quantitative estimate of drug-likeness (QED) is 0.599. The molecule has 0 spiro atoms. The summed E-state index contributed by atoms with van der Waals surface area (Å²) in [5.41, 5.74) is 0.00463. The summed E-state index contributed by atoms with van der Waals surface area (Å²) in [5, 5.41) is 0.333. The zero-order valence-corrected chi connectivity index (χ0v) is 9.04. The van der Waals surface area contributed by atoms with Crippen molar-refractivity contribution in [3.05, 3.63) is 0 Å². The van der Waals surface area contributed by atoms with E-state index in [-0.39, 0.29) is 10.7 Å². The van der Waals surface area contributed by atoms with Gasteiger partial charge in [0, 0.05) is 5.25 Å². The maximum absolute atomic E-state index is 11.6. The number of thioether (sulfide) groups is 1. The van der Waals surface area contributed by atoms with Crippen LogP contribution < -0.4 is 0 Å². The average Bonchev–Trinajstić information content (AvgIpc) is 2.34. The highest BCUT2D eigenvalue weighted by atomic mass is 32.2. The van der Waals surface area contributed by atoms with Crippen LogP contribution in [0.15, 0.2) is 0 Å². The second kappa shape index (κ2) is 2.41. The van der Waals surface area contributed by atoms with Crippen molar-refractivity contribution in [1.29, 1.82) is 0 Å². The fraction of sp³-hybridized carbons (Fsp3) is 1.00. The Morgan fingerprint density at radius 1 is 1.42 bits per heavy atom. The highest BCUT2D eigenvalue weighted by molar-refractivity contribution is 8.02. The summed E-state index contributed by atoms with van der Waals surface area (Å²) in [6.45, 7) is 4.15. The van der Waals surface area contributed by atoms with Gasteiger partial charge in [0.2, 0.25) is 0 Å². The van der Waals surface area contributed by atoms with Gasteiger partial charge in [-0.15, -0.1) is 0 Å². The summed E-state index contributed by atoms with van der Waals surface area (Å²) < 4.78 is 23.3. The lowest BCUT2D eigenvalue weighted by molar-refractivity contribution is 0.423. The number of hydrogen-bond donors (Lipinski definition) is 0. The van der Waals surface area contributed by atoms with Crippen molar-refractivity contribution >= 4 is 21.6 Å². The largest absolute Gasteiger partial charge is 0.228 e. The summed E-state index contributed by atoms with van der Waals surface area (Å²) >= 11 is 1.84. The molecule has 0 aromatic heterocycles. The molecule has 2 atom stereocenters. The van der Waals surface area contributed by atoms with E-state index >= 15 is 0 Å². The molecule has 2 nitrogen and oxygen atoms in total. The predicted molar refractivity (Wildman–Crippen MR) is 52.2 cm³/mol. The fourth-order valence-corrected chi connectivity index (χ4v) is 7.55.